The first kappa shape index (κ1) is 13.3. The van der Waals surface area contributed by atoms with Crippen LogP contribution in [0, 0.1) is 12.7 Å². The zero-order valence-corrected chi connectivity index (χ0v) is 12.2. The molecule has 0 saturated carbocycles. The number of fused-ring (bicyclic) bond motifs is 1. The first-order chi connectivity index (χ1) is 9.59. The van der Waals surface area contributed by atoms with Gasteiger partial charge in [-0.3, -0.25) is 4.57 Å². The fourth-order valence-electron chi connectivity index (χ4n) is 2.83. The van der Waals surface area contributed by atoms with Crippen LogP contribution in [-0.2, 0) is 13.0 Å². The third-order valence-corrected chi connectivity index (χ3v) is 3.91. The lowest BCUT2D eigenvalue weighted by molar-refractivity contribution is 0.608. The highest BCUT2D eigenvalue weighted by molar-refractivity contribution is 5.45. The van der Waals surface area contributed by atoms with Gasteiger partial charge in [-0.25, -0.2) is 9.37 Å². The van der Waals surface area contributed by atoms with E-state index in [0.29, 0.717) is 11.5 Å². The number of nitrogens with one attached hydrogen (secondary N) is 1. The Hall–Kier alpha value is -1.68. The molecule has 0 radical (unpaired) electrons. The summed E-state index contributed by atoms with van der Waals surface area (Å²) in [7, 11) is 0. The third-order valence-electron chi connectivity index (χ3n) is 3.91. The van der Waals surface area contributed by atoms with E-state index >= 15 is 0 Å². The van der Waals surface area contributed by atoms with E-state index < -0.39 is 0 Å². The van der Waals surface area contributed by atoms with Crippen LogP contribution in [0.1, 0.15) is 42.5 Å². The highest BCUT2D eigenvalue weighted by atomic mass is 19.1. The van der Waals surface area contributed by atoms with Crippen LogP contribution < -0.4 is 5.32 Å². The zero-order chi connectivity index (χ0) is 14.3. The van der Waals surface area contributed by atoms with Gasteiger partial charge < -0.3 is 5.32 Å². The molecule has 1 aromatic heterocycles. The molecule has 0 fully saturated rings. The van der Waals surface area contributed by atoms with Crippen LogP contribution >= 0.6 is 0 Å². The van der Waals surface area contributed by atoms with E-state index in [1.807, 2.05) is 13.0 Å². The van der Waals surface area contributed by atoms with Crippen molar-refractivity contribution in [3.63, 3.8) is 0 Å². The number of hydrogen-bond donors (Lipinski definition) is 1. The Kier molecular flexibility index (Phi) is 3.34. The Labute approximate surface area is 118 Å². The van der Waals surface area contributed by atoms with Crippen LogP contribution in [0.4, 0.5) is 4.39 Å². The lowest BCUT2D eigenvalue weighted by atomic mass is 10.1. The molecule has 0 atom stereocenters. The van der Waals surface area contributed by atoms with Crippen LogP contribution in [0.3, 0.4) is 0 Å². The van der Waals surface area contributed by atoms with Gasteiger partial charge in [-0.05, 0) is 19.1 Å². The number of imidazole rings is 1. The van der Waals surface area contributed by atoms with Crippen molar-refractivity contribution in [3.05, 3.63) is 46.8 Å². The molecule has 2 heterocycles. The number of halogens is 1. The average Bonchev–Trinajstić information content (AvgIpc) is 2.81. The van der Waals surface area contributed by atoms with Crippen molar-refractivity contribution < 1.29 is 4.39 Å². The van der Waals surface area contributed by atoms with Gasteiger partial charge in [0.2, 0.25) is 0 Å². The maximum absolute atomic E-state index is 13.9. The zero-order valence-electron chi connectivity index (χ0n) is 12.2. The standard InChI is InChI=1S/C16H20FN3/c1-10(2)16-19-13-9-18-8-7-15(13)20(16)14-6-4-5-12(17)11(14)3/h4-6,10,18H,7-9H2,1-3H3. The molecule has 3 rings (SSSR count). The fraction of sp³-hybridized carbons (Fsp3) is 0.438. The van der Waals surface area contributed by atoms with Crippen LogP contribution in [0.15, 0.2) is 18.2 Å². The van der Waals surface area contributed by atoms with Crippen molar-refractivity contribution in [1.29, 1.82) is 0 Å². The predicted octanol–water partition coefficient (Wildman–Crippen LogP) is 3.09. The van der Waals surface area contributed by atoms with Gasteiger partial charge in [0.15, 0.2) is 0 Å². The van der Waals surface area contributed by atoms with E-state index in [-0.39, 0.29) is 5.82 Å². The molecule has 0 bridgehead atoms. The summed E-state index contributed by atoms with van der Waals surface area (Å²) in [6, 6.07) is 5.27. The Morgan fingerprint density at radius 3 is 2.90 bits per heavy atom. The Balaban J connectivity index is 2.26. The normalized spacial score (nSPS) is 14.7. The Morgan fingerprint density at radius 1 is 1.35 bits per heavy atom. The summed E-state index contributed by atoms with van der Waals surface area (Å²) in [5.41, 5.74) is 3.93. The molecule has 106 valence electrons. The molecular formula is C16H20FN3. The van der Waals surface area contributed by atoms with E-state index in [1.165, 1.54) is 11.8 Å². The molecule has 0 aliphatic carbocycles. The smallest absolute Gasteiger partial charge is 0.128 e. The first-order valence-electron chi connectivity index (χ1n) is 7.16. The molecule has 0 saturated heterocycles. The third kappa shape index (κ3) is 2.04. The molecular weight excluding hydrogens is 253 g/mol. The van der Waals surface area contributed by atoms with Gasteiger partial charge in [-0.15, -0.1) is 0 Å². The van der Waals surface area contributed by atoms with Gasteiger partial charge >= 0.3 is 0 Å². The largest absolute Gasteiger partial charge is 0.311 e. The van der Waals surface area contributed by atoms with Crippen molar-refractivity contribution in [3.8, 4) is 5.69 Å². The second-order valence-electron chi connectivity index (χ2n) is 5.66. The highest BCUT2D eigenvalue weighted by Gasteiger charge is 2.23. The molecule has 1 aliphatic rings. The Bertz CT molecular complexity index is 643. The maximum atomic E-state index is 13.9. The Morgan fingerprint density at radius 2 is 2.15 bits per heavy atom. The summed E-state index contributed by atoms with van der Waals surface area (Å²) < 4.78 is 16.1. The van der Waals surface area contributed by atoms with E-state index in [0.717, 1.165) is 36.7 Å². The SMILES string of the molecule is Cc1c(F)cccc1-n1c(C(C)C)nc2c1CCNC2. The number of rotatable bonds is 2. The molecule has 4 heteroatoms. The van der Waals surface area contributed by atoms with Gasteiger partial charge in [0.25, 0.3) is 0 Å². The lowest BCUT2D eigenvalue weighted by Crippen LogP contribution is -2.25. The predicted molar refractivity (Wildman–Crippen MR) is 77.8 cm³/mol. The topological polar surface area (TPSA) is 29.9 Å². The second kappa shape index (κ2) is 5.02. The van der Waals surface area contributed by atoms with Gasteiger partial charge in [-0.2, -0.15) is 0 Å². The summed E-state index contributed by atoms with van der Waals surface area (Å²) >= 11 is 0. The van der Waals surface area contributed by atoms with E-state index in [2.05, 4.69) is 23.7 Å². The van der Waals surface area contributed by atoms with Crippen LogP contribution in [0.5, 0.6) is 0 Å². The highest BCUT2D eigenvalue weighted by Crippen LogP contribution is 2.28. The van der Waals surface area contributed by atoms with Crippen molar-refractivity contribution in [2.45, 2.75) is 39.7 Å². The quantitative estimate of drug-likeness (QED) is 0.911. The summed E-state index contributed by atoms with van der Waals surface area (Å²) in [4.78, 5) is 4.78. The maximum Gasteiger partial charge on any atom is 0.128 e. The molecule has 1 aromatic carbocycles. The minimum Gasteiger partial charge on any atom is -0.311 e. The van der Waals surface area contributed by atoms with Gasteiger partial charge in [0.05, 0.1) is 11.4 Å². The summed E-state index contributed by atoms with van der Waals surface area (Å²) in [6.07, 6.45) is 0.936. The van der Waals surface area contributed by atoms with Crippen molar-refractivity contribution >= 4 is 0 Å². The van der Waals surface area contributed by atoms with E-state index in [9.17, 15) is 4.39 Å². The second-order valence-corrected chi connectivity index (χ2v) is 5.66. The van der Waals surface area contributed by atoms with Gasteiger partial charge in [-0.1, -0.05) is 19.9 Å². The molecule has 1 N–H and O–H groups in total. The molecule has 0 amide bonds. The molecule has 2 aromatic rings. The average molecular weight is 273 g/mol. The molecule has 0 unspecified atom stereocenters. The monoisotopic (exact) mass is 273 g/mol. The summed E-state index contributed by atoms with van der Waals surface area (Å²) in [6.45, 7) is 7.85. The van der Waals surface area contributed by atoms with Crippen molar-refractivity contribution in [2.75, 3.05) is 6.54 Å². The van der Waals surface area contributed by atoms with E-state index in [1.54, 1.807) is 6.07 Å². The fourth-order valence-corrected chi connectivity index (χ4v) is 2.83. The van der Waals surface area contributed by atoms with Crippen LogP contribution in [-0.4, -0.2) is 16.1 Å². The molecule has 20 heavy (non-hydrogen) atoms. The van der Waals surface area contributed by atoms with E-state index in [4.69, 9.17) is 4.98 Å². The number of benzene rings is 1. The van der Waals surface area contributed by atoms with Crippen molar-refractivity contribution in [2.24, 2.45) is 0 Å². The number of hydrogen-bond acceptors (Lipinski definition) is 2. The number of aromatic nitrogens is 2. The summed E-state index contributed by atoms with van der Waals surface area (Å²) in [5.74, 6) is 1.17. The minimum atomic E-state index is -0.159. The minimum absolute atomic E-state index is 0.159. The molecule has 3 nitrogen and oxygen atoms in total. The lowest BCUT2D eigenvalue weighted by Gasteiger charge is -2.19. The van der Waals surface area contributed by atoms with Gasteiger partial charge in [0, 0.05) is 36.7 Å². The van der Waals surface area contributed by atoms with Crippen molar-refractivity contribution in [1.82, 2.24) is 14.9 Å². The van der Waals surface area contributed by atoms with Crippen LogP contribution in [0.25, 0.3) is 5.69 Å². The van der Waals surface area contributed by atoms with Gasteiger partial charge in [0.1, 0.15) is 11.6 Å². The summed E-state index contributed by atoms with van der Waals surface area (Å²) in [5, 5.41) is 3.35. The van der Waals surface area contributed by atoms with Crippen LogP contribution in [0.2, 0.25) is 0 Å². The number of nitrogens with zero attached hydrogens (tertiary/aromatic N) is 2. The first-order valence-corrected chi connectivity index (χ1v) is 7.16. The molecule has 1 aliphatic heterocycles. The molecule has 0 spiro atoms.